The Kier molecular flexibility index (Phi) is 6.72. The highest BCUT2D eigenvalue weighted by Gasteiger charge is 2.16. The standard InChI is InChI=1S/C22H17FN4O3S2/c1-2-30-22(29)14-4-3-5-16(10-14)26-17(28)11-31-21-20-19(24-12-25-21)18(27-32-20)13-6-8-15(23)9-7-13/h3-10,12H,2,11H2,1H3,(H,26,28). The molecule has 0 unspecified atom stereocenters. The number of benzene rings is 2. The van der Waals surface area contributed by atoms with Crippen molar-refractivity contribution in [2.75, 3.05) is 17.7 Å². The Morgan fingerprint density at radius 2 is 1.97 bits per heavy atom. The minimum atomic E-state index is -0.441. The van der Waals surface area contributed by atoms with E-state index < -0.39 is 5.97 Å². The normalized spacial score (nSPS) is 10.8. The van der Waals surface area contributed by atoms with Crippen LogP contribution in [-0.4, -0.2) is 38.6 Å². The molecule has 10 heteroatoms. The number of aromatic nitrogens is 3. The van der Waals surface area contributed by atoms with E-state index in [4.69, 9.17) is 4.74 Å². The first-order valence-corrected chi connectivity index (χ1v) is 11.4. The summed E-state index contributed by atoms with van der Waals surface area (Å²) in [4.78, 5) is 32.9. The van der Waals surface area contributed by atoms with E-state index in [0.29, 0.717) is 27.5 Å². The van der Waals surface area contributed by atoms with Crippen LogP contribution in [0.2, 0.25) is 0 Å². The first kappa shape index (κ1) is 21.8. The number of nitrogens with one attached hydrogen (secondary N) is 1. The van der Waals surface area contributed by atoms with Crippen LogP contribution in [0.3, 0.4) is 0 Å². The summed E-state index contributed by atoms with van der Waals surface area (Å²) >= 11 is 2.49. The fourth-order valence-electron chi connectivity index (χ4n) is 2.91. The van der Waals surface area contributed by atoms with Gasteiger partial charge in [0.25, 0.3) is 0 Å². The first-order chi connectivity index (χ1) is 15.5. The molecule has 32 heavy (non-hydrogen) atoms. The smallest absolute Gasteiger partial charge is 0.338 e. The number of nitrogens with zero attached hydrogens (tertiary/aromatic N) is 3. The average molecular weight is 469 g/mol. The molecule has 0 saturated heterocycles. The minimum Gasteiger partial charge on any atom is -0.462 e. The van der Waals surface area contributed by atoms with Crippen LogP contribution in [0.25, 0.3) is 21.5 Å². The third-order valence-electron chi connectivity index (χ3n) is 4.34. The molecule has 0 aliphatic carbocycles. The fourth-order valence-corrected chi connectivity index (χ4v) is 4.63. The summed E-state index contributed by atoms with van der Waals surface area (Å²) in [6.45, 7) is 2.01. The van der Waals surface area contributed by atoms with Gasteiger partial charge in [0.15, 0.2) is 0 Å². The summed E-state index contributed by atoms with van der Waals surface area (Å²) in [6.07, 6.45) is 1.42. The average Bonchev–Trinajstić information content (AvgIpc) is 3.23. The molecule has 2 heterocycles. The van der Waals surface area contributed by atoms with Crippen molar-refractivity contribution in [3.05, 3.63) is 66.2 Å². The molecular weight excluding hydrogens is 451 g/mol. The van der Waals surface area contributed by atoms with Gasteiger partial charge in [0, 0.05) is 11.3 Å². The van der Waals surface area contributed by atoms with Gasteiger partial charge in [0.1, 0.15) is 33.1 Å². The van der Waals surface area contributed by atoms with Gasteiger partial charge in [-0.15, -0.1) is 0 Å². The van der Waals surface area contributed by atoms with Gasteiger partial charge in [-0.25, -0.2) is 19.2 Å². The van der Waals surface area contributed by atoms with Crippen molar-refractivity contribution < 1.29 is 18.7 Å². The van der Waals surface area contributed by atoms with E-state index >= 15 is 0 Å². The lowest BCUT2D eigenvalue weighted by atomic mass is 10.1. The van der Waals surface area contributed by atoms with E-state index in [1.165, 1.54) is 41.8 Å². The summed E-state index contributed by atoms with van der Waals surface area (Å²) in [6, 6.07) is 12.6. The lowest BCUT2D eigenvalue weighted by Crippen LogP contribution is -2.14. The van der Waals surface area contributed by atoms with Gasteiger partial charge in [0.2, 0.25) is 5.91 Å². The number of hydrogen-bond donors (Lipinski definition) is 1. The molecule has 7 nitrogen and oxygen atoms in total. The van der Waals surface area contributed by atoms with Gasteiger partial charge < -0.3 is 10.1 Å². The molecular formula is C22H17FN4O3S2. The monoisotopic (exact) mass is 468 g/mol. The molecule has 0 atom stereocenters. The lowest BCUT2D eigenvalue weighted by molar-refractivity contribution is -0.113. The maximum atomic E-state index is 13.2. The quantitative estimate of drug-likeness (QED) is 0.237. The molecule has 2 aromatic heterocycles. The van der Waals surface area contributed by atoms with Gasteiger partial charge in [0.05, 0.1) is 17.9 Å². The zero-order valence-electron chi connectivity index (χ0n) is 16.9. The number of carbonyl (C=O) groups is 2. The maximum absolute atomic E-state index is 13.2. The summed E-state index contributed by atoms with van der Waals surface area (Å²) in [5, 5.41) is 3.41. The zero-order valence-corrected chi connectivity index (χ0v) is 18.5. The number of amides is 1. The van der Waals surface area contributed by atoms with Crippen molar-refractivity contribution in [3.63, 3.8) is 0 Å². The molecule has 4 aromatic rings. The van der Waals surface area contributed by atoms with Crippen molar-refractivity contribution in [2.45, 2.75) is 11.9 Å². The van der Waals surface area contributed by atoms with Crippen LogP contribution in [0.1, 0.15) is 17.3 Å². The molecule has 0 spiro atoms. The van der Waals surface area contributed by atoms with Crippen LogP contribution in [0.5, 0.6) is 0 Å². The molecule has 4 rings (SSSR count). The maximum Gasteiger partial charge on any atom is 0.338 e. The predicted octanol–water partition coefficient (Wildman–Crippen LogP) is 4.80. The number of ether oxygens (including phenoxy) is 1. The minimum absolute atomic E-state index is 0.111. The molecule has 0 bridgehead atoms. The van der Waals surface area contributed by atoms with Crippen LogP contribution < -0.4 is 5.32 Å². The number of esters is 1. The first-order valence-electron chi connectivity index (χ1n) is 9.61. The fraction of sp³-hybridized carbons (Fsp3) is 0.136. The highest BCUT2D eigenvalue weighted by atomic mass is 32.2. The highest BCUT2D eigenvalue weighted by Crippen LogP contribution is 2.34. The van der Waals surface area contributed by atoms with Crippen molar-refractivity contribution >= 4 is 51.1 Å². The third kappa shape index (κ3) is 4.92. The number of hydrogen-bond acceptors (Lipinski definition) is 8. The molecule has 0 radical (unpaired) electrons. The van der Waals surface area contributed by atoms with Gasteiger partial charge in [-0.3, -0.25) is 4.79 Å². The lowest BCUT2D eigenvalue weighted by Gasteiger charge is -2.07. The third-order valence-corrected chi connectivity index (χ3v) is 6.30. The van der Waals surface area contributed by atoms with Gasteiger partial charge in [-0.2, -0.15) is 4.37 Å². The van der Waals surface area contributed by atoms with Crippen LogP contribution in [-0.2, 0) is 9.53 Å². The summed E-state index contributed by atoms with van der Waals surface area (Å²) < 4.78 is 23.4. The van der Waals surface area contributed by atoms with Crippen molar-refractivity contribution in [1.82, 2.24) is 14.3 Å². The van der Waals surface area contributed by atoms with Crippen molar-refractivity contribution in [3.8, 4) is 11.3 Å². The van der Waals surface area contributed by atoms with Crippen LogP contribution in [0, 0.1) is 5.82 Å². The number of rotatable bonds is 7. The predicted molar refractivity (Wildman–Crippen MR) is 122 cm³/mol. The summed E-state index contributed by atoms with van der Waals surface area (Å²) in [7, 11) is 0. The number of thioether (sulfide) groups is 1. The molecule has 0 fully saturated rings. The Labute approximate surface area is 191 Å². The summed E-state index contributed by atoms with van der Waals surface area (Å²) in [5.41, 5.74) is 2.93. The SMILES string of the molecule is CCOC(=O)c1cccc(NC(=O)CSc2ncnc3c(-c4ccc(F)cc4)nsc23)c1. The highest BCUT2D eigenvalue weighted by molar-refractivity contribution is 8.00. The second-order valence-electron chi connectivity index (χ2n) is 6.53. The topological polar surface area (TPSA) is 94.1 Å². The van der Waals surface area contributed by atoms with Crippen LogP contribution in [0.15, 0.2) is 59.9 Å². The van der Waals surface area contributed by atoms with E-state index in [9.17, 15) is 14.0 Å². The molecule has 1 amide bonds. The number of halogens is 1. The van der Waals surface area contributed by atoms with E-state index in [-0.39, 0.29) is 24.1 Å². The molecule has 0 saturated carbocycles. The van der Waals surface area contributed by atoms with E-state index in [1.807, 2.05) is 0 Å². The number of carbonyl (C=O) groups excluding carboxylic acids is 2. The largest absolute Gasteiger partial charge is 0.462 e. The van der Waals surface area contributed by atoms with E-state index in [2.05, 4.69) is 19.7 Å². The Balaban J connectivity index is 1.45. The summed E-state index contributed by atoms with van der Waals surface area (Å²) in [5.74, 6) is -0.896. The molecule has 162 valence electrons. The number of fused-ring (bicyclic) bond motifs is 1. The Hall–Kier alpha value is -3.37. The Morgan fingerprint density at radius 1 is 1.16 bits per heavy atom. The Morgan fingerprint density at radius 3 is 2.75 bits per heavy atom. The van der Waals surface area contributed by atoms with Crippen LogP contribution in [0.4, 0.5) is 10.1 Å². The molecule has 0 aliphatic rings. The van der Waals surface area contributed by atoms with Gasteiger partial charge >= 0.3 is 5.97 Å². The van der Waals surface area contributed by atoms with E-state index in [1.54, 1.807) is 43.3 Å². The van der Waals surface area contributed by atoms with E-state index in [0.717, 1.165) is 10.3 Å². The molecule has 2 aromatic carbocycles. The zero-order chi connectivity index (χ0) is 22.5. The second-order valence-corrected chi connectivity index (χ2v) is 8.27. The second kappa shape index (κ2) is 9.84. The van der Waals surface area contributed by atoms with Gasteiger partial charge in [-0.05, 0) is 60.9 Å². The van der Waals surface area contributed by atoms with Crippen molar-refractivity contribution in [2.24, 2.45) is 0 Å². The number of anilines is 1. The van der Waals surface area contributed by atoms with Crippen molar-refractivity contribution in [1.29, 1.82) is 0 Å². The van der Waals surface area contributed by atoms with Gasteiger partial charge in [-0.1, -0.05) is 17.8 Å². The molecule has 0 aliphatic heterocycles. The van der Waals surface area contributed by atoms with Crippen LogP contribution >= 0.6 is 23.3 Å². The molecule has 1 N–H and O–H groups in total. The Bertz CT molecular complexity index is 1280.